The van der Waals surface area contributed by atoms with Crippen LogP contribution in [0.25, 0.3) is 0 Å². The summed E-state index contributed by atoms with van der Waals surface area (Å²) in [6.07, 6.45) is 4.33. The van der Waals surface area contributed by atoms with Crippen LogP contribution >= 0.6 is 0 Å². The number of anilines is 1. The van der Waals surface area contributed by atoms with Gasteiger partial charge in [0.05, 0.1) is 18.3 Å². The van der Waals surface area contributed by atoms with Crippen LogP contribution < -0.4 is 10.0 Å². The summed E-state index contributed by atoms with van der Waals surface area (Å²) in [5, 5.41) is 2.55. The second-order valence-corrected chi connectivity index (χ2v) is 12.8. The molecule has 2 heterocycles. The van der Waals surface area contributed by atoms with Gasteiger partial charge >= 0.3 is 6.09 Å². The van der Waals surface area contributed by atoms with Crippen LogP contribution in [-0.2, 0) is 31.3 Å². The fraction of sp³-hybridized carbons (Fsp3) is 0.433. The van der Waals surface area contributed by atoms with E-state index in [0.717, 1.165) is 31.4 Å². The zero-order valence-corrected chi connectivity index (χ0v) is 24.3. The van der Waals surface area contributed by atoms with Crippen molar-refractivity contribution < 1.29 is 22.7 Å². The zero-order valence-electron chi connectivity index (χ0n) is 23.5. The van der Waals surface area contributed by atoms with E-state index in [1.54, 1.807) is 51.1 Å². The van der Waals surface area contributed by atoms with Crippen LogP contribution in [0.1, 0.15) is 69.8 Å². The predicted molar refractivity (Wildman–Crippen MR) is 154 cm³/mol. The highest BCUT2D eigenvalue weighted by molar-refractivity contribution is 7.89. The Hall–Kier alpha value is -3.34. The standard InChI is InChI=1S/C30H38N4O5S/c1-5-19-38-21-30(16-17-30)23-14-12-22(13-15-23)20-25(34-40(36,37)27-11-6-7-18-31-27)24-9-8-10-26(32-24)33-28(35)39-29(2,3)4/h6-15,18,25,34H,5,16-17,19-21H2,1-4H3,(H,32,33,35). The maximum atomic E-state index is 13.2. The summed E-state index contributed by atoms with van der Waals surface area (Å²) >= 11 is 0. The van der Waals surface area contributed by atoms with Crippen LogP contribution in [-0.4, -0.2) is 43.3 Å². The van der Waals surface area contributed by atoms with Gasteiger partial charge in [-0.1, -0.05) is 43.3 Å². The fourth-order valence-corrected chi connectivity index (χ4v) is 5.55. The van der Waals surface area contributed by atoms with Crippen molar-refractivity contribution in [3.05, 3.63) is 83.7 Å². The molecule has 1 fully saturated rings. The highest BCUT2D eigenvalue weighted by Crippen LogP contribution is 2.48. The molecule has 2 N–H and O–H groups in total. The molecule has 4 rings (SSSR count). The van der Waals surface area contributed by atoms with E-state index in [1.165, 1.54) is 17.8 Å². The lowest BCUT2D eigenvalue weighted by atomic mass is 9.94. The van der Waals surface area contributed by atoms with E-state index in [-0.39, 0.29) is 16.3 Å². The van der Waals surface area contributed by atoms with Crippen molar-refractivity contribution in [3.63, 3.8) is 0 Å². The van der Waals surface area contributed by atoms with E-state index in [1.807, 2.05) is 12.1 Å². The largest absolute Gasteiger partial charge is 0.444 e. The van der Waals surface area contributed by atoms with Crippen LogP contribution in [0.4, 0.5) is 10.6 Å². The predicted octanol–water partition coefficient (Wildman–Crippen LogP) is 5.54. The van der Waals surface area contributed by atoms with Gasteiger partial charge in [-0.3, -0.25) is 5.32 Å². The number of nitrogens with one attached hydrogen (secondary N) is 2. The van der Waals surface area contributed by atoms with Crippen molar-refractivity contribution >= 4 is 21.9 Å². The molecule has 1 aromatic carbocycles. The van der Waals surface area contributed by atoms with Gasteiger partial charge in [0.25, 0.3) is 10.0 Å². The van der Waals surface area contributed by atoms with Crippen molar-refractivity contribution in [2.24, 2.45) is 0 Å². The number of hydrogen-bond acceptors (Lipinski definition) is 7. The number of carbonyl (C=O) groups is 1. The fourth-order valence-electron chi connectivity index (χ4n) is 4.39. The third-order valence-corrected chi connectivity index (χ3v) is 7.94. The van der Waals surface area contributed by atoms with E-state index < -0.39 is 27.8 Å². The number of amides is 1. The number of pyridine rings is 2. The number of sulfonamides is 1. The number of ether oxygens (including phenoxy) is 2. The van der Waals surface area contributed by atoms with Gasteiger partial charge < -0.3 is 9.47 Å². The molecular formula is C30H38N4O5S. The van der Waals surface area contributed by atoms with Crippen molar-refractivity contribution in [3.8, 4) is 0 Å². The molecule has 9 nitrogen and oxygen atoms in total. The van der Waals surface area contributed by atoms with Crippen LogP contribution in [0.5, 0.6) is 0 Å². The molecule has 0 spiro atoms. The summed E-state index contributed by atoms with van der Waals surface area (Å²) in [6.45, 7) is 8.89. The first-order chi connectivity index (χ1) is 19.0. The molecule has 0 aliphatic heterocycles. The first kappa shape index (κ1) is 29.6. The lowest BCUT2D eigenvalue weighted by Crippen LogP contribution is -2.31. The highest BCUT2D eigenvalue weighted by Gasteiger charge is 2.44. The Morgan fingerprint density at radius 3 is 2.42 bits per heavy atom. The summed E-state index contributed by atoms with van der Waals surface area (Å²) in [5.74, 6) is 0.256. The van der Waals surface area contributed by atoms with E-state index >= 15 is 0 Å². The third kappa shape index (κ3) is 8.09. The molecule has 1 aliphatic rings. The molecule has 0 bridgehead atoms. The number of carbonyl (C=O) groups excluding carboxylic acids is 1. The van der Waals surface area contributed by atoms with Gasteiger partial charge in [0.2, 0.25) is 0 Å². The second-order valence-electron chi connectivity index (χ2n) is 11.2. The molecule has 3 aromatic rings. The van der Waals surface area contributed by atoms with E-state index in [4.69, 9.17) is 9.47 Å². The number of hydrogen-bond donors (Lipinski definition) is 2. The van der Waals surface area contributed by atoms with Crippen LogP contribution in [0.3, 0.4) is 0 Å². The molecule has 1 amide bonds. The molecule has 1 aliphatic carbocycles. The number of rotatable bonds is 12. The van der Waals surface area contributed by atoms with Gasteiger partial charge in [-0.15, -0.1) is 0 Å². The molecule has 0 radical (unpaired) electrons. The monoisotopic (exact) mass is 566 g/mol. The number of nitrogens with zero attached hydrogens (tertiary/aromatic N) is 2. The quantitative estimate of drug-likeness (QED) is 0.276. The van der Waals surface area contributed by atoms with Gasteiger partial charge in [-0.2, -0.15) is 0 Å². The molecule has 1 unspecified atom stereocenters. The minimum absolute atomic E-state index is 0.0802. The van der Waals surface area contributed by atoms with Crippen molar-refractivity contribution in [2.45, 2.75) is 75.5 Å². The summed E-state index contributed by atoms with van der Waals surface area (Å²) in [6, 6.07) is 17.3. The average Bonchev–Trinajstić information content (AvgIpc) is 3.69. The molecule has 1 saturated carbocycles. The van der Waals surface area contributed by atoms with Gasteiger partial charge in [-0.05, 0) is 81.8 Å². The van der Waals surface area contributed by atoms with Crippen molar-refractivity contribution in [1.29, 1.82) is 0 Å². The average molecular weight is 567 g/mol. The first-order valence-corrected chi connectivity index (χ1v) is 15.1. The Kier molecular flexibility index (Phi) is 9.22. The molecule has 10 heteroatoms. The lowest BCUT2D eigenvalue weighted by Gasteiger charge is -2.21. The van der Waals surface area contributed by atoms with Gasteiger partial charge in [0, 0.05) is 18.2 Å². The topological polar surface area (TPSA) is 120 Å². The number of aromatic nitrogens is 2. The van der Waals surface area contributed by atoms with Crippen LogP contribution in [0, 0.1) is 0 Å². The Morgan fingerprint density at radius 2 is 1.80 bits per heavy atom. The minimum Gasteiger partial charge on any atom is -0.444 e. The summed E-state index contributed by atoms with van der Waals surface area (Å²) in [4.78, 5) is 20.9. The summed E-state index contributed by atoms with van der Waals surface area (Å²) in [5.41, 5.74) is 2.03. The van der Waals surface area contributed by atoms with Crippen molar-refractivity contribution in [1.82, 2.24) is 14.7 Å². The van der Waals surface area contributed by atoms with Gasteiger partial charge in [-0.25, -0.2) is 27.9 Å². The SMILES string of the molecule is CCCOCC1(c2ccc(CC(NS(=O)(=O)c3ccccn3)c3cccc(NC(=O)OC(C)(C)C)n3)cc2)CC1. The van der Waals surface area contributed by atoms with Crippen LogP contribution in [0.2, 0.25) is 0 Å². The number of benzene rings is 1. The second kappa shape index (κ2) is 12.4. The first-order valence-electron chi connectivity index (χ1n) is 13.6. The maximum Gasteiger partial charge on any atom is 0.413 e. The molecular weight excluding hydrogens is 528 g/mol. The maximum absolute atomic E-state index is 13.2. The summed E-state index contributed by atoms with van der Waals surface area (Å²) in [7, 11) is -3.95. The van der Waals surface area contributed by atoms with E-state index in [9.17, 15) is 13.2 Å². The molecule has 1 atom stereocenters. The zero-order chi connectivity index (χ0) is 28.8. The Bertz CT molecular complexity index is 1390. The molecule has 214 valence electrons. The normalized spacial score (nSPS) is 15.3. The Labute approximate surface area is 236 Å². The molecule has 40 heavy (non-hydrogen) atoms. The highest BCUT2D eigenvalue weighted by atomic mass is 32.2. The van der Waals surface area contributed by atoms with Gasteiger partial charge in [0.15, 0.2) is 5.03 Å². The van der Waals surface area contributed by atoms with E-state index in [0.29, 0.717) is 18.7 Å². The van der Waals surface area contributed by atoms with Gasteiger partial charge in [0.1, 0.15) is 11.4 Å². The Morgan fingerprint density at radius 1 is 1.05 bits per heavy atom. The lowest BCUT2D eigenvalue weighted by molar-refractivity contribution is 0.0635. The van der Waals surface area contributed by atoms with Crippen molar-refractivity contribution in [2.75, 3.05) is 18.5 Å². The summed E-state index contributed by atoms with van der Waals surface area (Å²) < 4.78 is 40.4. The molecule has 0 saturated heterocycles. The smallest absolute Gasteiger partial charge is 0.413 e. The van der Waals surface area contributed by atoms with E-state index in [2.05, 4.69) is 39.1 Å². The Balaban J connectivity index is 1.57. The third-order valence-electron chi connectivity index (χ3n) is 6.55. The minimum atomic E-state index is -3.95. The molecule has 2 aromatic heterocycles. The van der Waals surface area contributed by atoms with Crippen LogP contribution in [0.15, 0.2) is 71.9 Å².